The average molecular weight is 183 g/mol. The van der Waals surface area contributed by atoms with Gasteiger partial charge in [0, 0.05) is 0 Å². The second-order valence-electron chi connectivity index (χ2n) is 4.93. The van der Waals surface area contributed by atoms with Gasteiger partial charge in [0.25, 0.3) is 0 Å². The van der Waals surface area contributed by atoms with E-state index in [-0.39, 0.29) is 0 Å². The summed E-state index contributed by atoms with van der Waals surface area (Å²) in [6.45, 7) is 9.61. The SMILES string of the molecule is CCC(C)(CC)CC1CCCNC1. The van der Waals surface area contributed by atoms with Gasteiger partial charge in [-0.2, -0.15) is 0 Å². The first kappa shape index (κ1) is 11.0. The predicted molar refractivity (Wildman–Crippen MR) is 58.9 cm³/mol. The van der Waals surface area contributed by atoms with Gasteiger partial charge in [0.15, 0.2) is 0 Å². The summed E-state index contributed by atoms with van der Waals surface area (Å²) in [5, 5.41) is 3.51. The fraction of sp³-hybridized carbons (Fsp3) is 1.00. The van der Waals surface area contributed by atoms with E-state index < -0.39 is 0 Å². The molecule has 0 bridgehead atoms. The van der Waals surface area contributed by atoms with Crippen molar-refractivity contribution in [3.8, 4) is 0 Å². The van der Waals surface area contributed by atoms with Gasteiger partial charge < -0.3 is 5.32 Å². The van der Waals surface area contributed by atoms with E-state index in [1.165, 1.54) is 45.2 Å². The first-order valence-corrected chi connectivity index (χ1v) is 5.91. The van der Waals surface area contributed by atoms with Gasteiger partial charge >= 0.3 is 0 Å². The molecule has 1 atom stereocenters. The van der Waals surface area contributed by atoms with Crippen LogP contribution in [-0.4, -0.2) is 13.1 Å². The standard InChI is InChI=1S/C12H25N/c1-4-12(3,5-2)9-11-7-6-8-13-10-11/h11,13H,4-10H2,1-3H3. The van der Waals surface area contributed by atoms with Crippen molar-refractivity contribution in [3.63, 3.8) is 0 Å². The number of hydrogen-bond donors (Lipinski definition) is 1. The van der Waals surface area contributed by atoms with Gasteiger partial charge in [0.05, 0.1) is 0 Å². The Kier molecular flexibility index (Phi) is 4.24. The first-order chi connectivity index (χ1) is 6.20. The largest absolute Gasteiger partial charge is 0.316 e. The molecule has 0 aliphatic carbocycles. The van der Waals surface area contributed by atoms with Crippen LogP contribution in [0.5, 0.6) is 0 Å². The molecule has 0 aromatic heterocycles. The molecular formula is C12H25N. The lowest BCUT2D eigenvalue weighted by Crippen LogP contribution is -2.33. The molecule has 0 aromatic carbocycles. The van der Waals surface area contributed by atoms with Gasteiger partial charge in [-0.1, -0.05) is 33.6 Å². The van der Waals surface area contributed by atoms with E-state index in [0.717, 1.165) is 5.92 Å². The Morgan fingerprint density at radius 3 is 2.46 bits per heavy atom. The third kappa shape index (κ3) is 3.30. The van der Waals surface area contributed by atoms with Gasteiger partial charge in [0.2, 0.25) is 0 Å². The Morgan fingerprint density at radius 2 is 2.00 bits per heavy atom. The monoisotopic (exact) mass is 183 g/mol. The summed E-state index contributed by atoms with van der Waals surface area (Å²) in [4.78, 5) is 0. The number of piperidine rings is 1. The molecule has 1 rings (SSSR count). The fourth-order valence-corrected chi connectivity index (χ4v) is 2.33. The van der Waals surface area contributed by atoms with Crippen molar-refractivity contribution in [1.29, 1.82) is 0 Å². The van der Waals surface area contributed by atoms with Crippen molar-refractivity contribution in [2.45, 2.75) is 52.9 Å². The van der Waals surface area contributed by atoms with Crippen LogP contribution in [0.1, 0.15) is 52.9 Å². The Hall–Kier alpha value is -0.0400. The highest BCUT2D eigenvalue weighted by Crippen LogP contribution is 2.35. The van der Waals surface area contributed by atoms with Gasteiger partial charge in [-0.25, -0.2) is 0 Å². The average Bonchev–Trinajstić information content (AvgIpc) is 2.19. The van der Waals surface area contributed by atoms with Crippen LogP contribution in [0.2, 0.25) is 0 Å². The zero-order chi connectivity index (χ0) is 9.73. The molecule has 1 heterocycles. The Balaban J connectivity index is 2.35. The maximum atomic E-state index is 3.51. The minimum Gasteiger partial charge on any atom is -0.316 e. The van der Waals surface area contributed by atoms with Crippen LogP contribution >= 0.6 is 0 Å². The molecule has 1 heteroatoms. The maximum Gasteiger partial charge on any atom is -0.00203 e. The van der Waals surface area contributed by atoms with Crippen molar-refractivity contribution in [2.24, 2.45) is 11.3 Å². The maximum absolute atomic E-state index is 3.51. The quantitative estimate of drug-likeness (QED) is 0.705. The van der Waals surface area contributed by atoms with Gasteiger partial charge in [-0.15, -0.1) is 0 Å². The first-order valence-electron chi connectivity index (χ1n) is 5.91. The van der Waals surface area contributed by atoms with Crippen LogP contribution in [0.25, 0.3) is 0 Å². The molecule has 1 saturated heterocycles. The summed E-state index contributed by atoms with van der Waals surface area (Å²) in [7, 11) is 0. The van der Waals surface area contributed by atoms with Gasteiger partial charge in [-0.3, -0.25) is 0 Å². The molecule has 0 radical (unpaired) electrons. The molecule has 1 nitrogen and oxygen atoms in total. The molecule has 0 aromatic rings. The lowest BCUT2D eigenvalue weighted by atomic mass is 9.75. The number of nitrogens with one attached hydrogen (secondary N) is 1. The normalized spacial score (nSPS) is 24.7. The van der Waals surface area contributed by atoms with Crippen LogP contribution < -0.4 is 5.32 Å². The second-order valence-corrected chi connectivity index (χ2v) is 4.93. The molecule has 78 valence electrons. The van der Waals surface area contributed by atoms with Gasteiger partial charge in [-0.05, 0) is 43.7 Å². The summed E-state index contributed by atoms with van der Waals surface area (Å²) < 4.78 is 0. The molecule has 1 fully saturated rings. The predicted octanol–water partition coefficient (Wildman–Crippen LogP) is 3.20. The van der Waals surface area contributed by atoms with E-state index in [1.807, 2.05) is 0 Å². The van der Waals surface area contributed by atoms with E-state index in [9.17, 15) is 0 Å². The molecule has 13 heavy (non-hydrogen) atoms. The molecule has 0 spiro atoms. The second kappa shape index (κ2) is 4.99. The van der Waals surface area contributed by atoms with Crippen molar-refractivity contribution in [3.05, 3.63) is 0 Å². The van der Waals surface area contributed by atoms with Crippen molar-refractivity contribution in [1.82, 2.24) is 5.32 Å². The van der Waals surface area contributed by atoms with Crippen LogP contribution in [0.3, 0.4) is 0 Å². The Labute approximate surface area is 83.3 Å². The minimum atomic E-state index is 0.601. The van der Waals surface area contributed by atoms with Crippen LogP contribution in [-0.2, 0) is 0 Å². The summed E-state index contributed by atoms with van der Waals surface area (Å²) in [5.41, 5.74) is 0.601. The van der Waals surface area contributed by atoms with E-state index in [1.54, 1.807) is 0 Å². The van der Waals surface area contributed by atoms with E-state index in [4.69, 9.17) is 0 Å². The fourth-order valence-electron chi connectivity index (χ4n) is 2.33. The van der Waals surface area contributed by atoms with Crippen molar-refractivity contribution in [2.75, 3.05) is 13.1 Å². The lowest BCUT2D eigenvalue weighted by molar-refractivity contribution is 0.197. The van der Waals surface area contributed by atoms with E-state index >= 15 is 0 Å². The topological polar surface area (TPSA) is 12.0 Å². The zero-order valence-electron chi connectivity index (χ0n) is 9.53. The summed E-state index contributed by atoms with van der Waals surface area (Å²) in [5.74, 6) is 0.943. The highest BCUT2D eigenvalue weighted by atomic mass is 14.9. The number of rotatable bonds is 4. The Bertz CT molecular complexity index is 132. The molecule has 1 aliphatic rings. The van der Waals surface area contributed by atoms with Gasteiger partial charge in [0.1, 0.15) is 0 Å². The summed E-state index contributed by atoms with van der Waals surface area (Å²) in [6, 6.07) is 0. The summed E-state index contributed by atoms with van der Waals surface area (Å²) in [6.07, 6.45) is 6.92. The van der Waals surface area contributed by atoms with E-state index in [0.29, 0.717) is 5.41 Å². The molecule has 1 unspecified atom stereocenters. The van der Waals surface area contributed by atoms with Crippen LogP contribution in [0.4, 0.5) is 0 Å². The smallest absolute Gasteiger partial charge is 0.00203 e. The molecule has 0 saturated carbocycles. The van der Waals surface area contributed by atoms with Crippen LogP contribution in [0.15, 0.2) is 0 Å². The van der Waals surface area contributed by atoms with E-state index in [2.05, 4.69) is 26.1 Å². The van der Waals surface area contributed by atoms with Crippen molar-refractivity contribution >= 4 is 0 Å². The minimum absolute atomic E-state index is 0.601. The zero-order valence-corrected chi connectivity index (χ0v) is 9.53. The third-order valence-corrected chi connectivity index (χ3v) is 3.89. The molecular weight excluding hydrogens is 158 g/mol. The van der Waals surface area contributed by atoms with Crippen molar-refractivity contribution < 1.29 is 0 Å². The molecule has 1 aliphatic heterocycles. The molecule has 0 amide bonds. The third-order valence-electron chi connectivity index (χ3n) is 3.89. The lowest BCUT2D eigenvalue weighted by Gasteiger charge is -2.33. The number of hydrogen-bond acceptors (Lipinski definition) is 1. The highest BCUT2D eigenvalue weighted by Gasteiger charge is 2.25. The van der Waals surface area contributed by atoms with Crippen LogP contribution in [0, 0.1) is 11.3 Å². The Morgan fingerprint density at radius 1 is 1.31 bits per heavy atom. The summed E-state index contributed by atoms with van der Waals surface area (Å²) >= 11 is 0. The highest BCUT2D eigenvalue weighted by molar-refractivity contribution is 4.78. The molecule has 1 N–H and O–H groups in total.